The van der Waals surface area contributed by atoms with Crippen molar-refractivity contribution in [2.45, 2.75) is 12.4 Å². The van der Waals surface area contributed by atoms with E-state index < -0.39 is 29.0 Å². The Kier molecular flexibility index (Phi) is 4.08. The second kappa shape index (κ2) is 5.55. The molecule has 0 aliphatic carbocycles. The van der Waals surface area contributed by atoms with Gasteiger partial charge < -0.3 is 4.74 Å². The zero-order valence-corrected chi connectivity index (χ0v) is 11.2. The molecule has 0 saturated heterocycles. The molecule has 0 atom stereocenters. The van der Waals surface area contributed by atoms with Crippen molar-refractivity contribution < 1.29 is 31.1 Å². The Balaban J connectivity index is 2.74. The van der Waals surface area contributed by atoms with Crippen LogP contribution in [-0.2, 0) is 12.4 Å². The molecule has 0 aliphatic heterocycles. The minimum Gasteiger partial charge on any atom is -0.497 e. The molecule has 0 aromatic heterocycles. The van der Waals surface area contributed by atoms with Crippen molar-refractivity contribution >= 4 is 0 Å². The van der Waals surface area contributed by atoms with Crippen LogP contribution in [0.2, 0.25) is 0 Å². The highest BCUT2D eigenvalue weighted by atomic mass is 19.4. The molecule has 7 heteroatoms. The number of methoxy groups -OCH3 is 1. The van der Waals surface area contributed by atoms with Crippen molar-refractivity contribution in [3.8, 4) is 16.9 Å². The summed E-state index contributed by atoms with van der Waals surface area (Å²) in [5, 5.41) is 0. The van der Waals surface area contributed by atoms with E-state index in [2.05, 4.69) is 0 Å². The Bertz CT molecular complexity index is 623. The first kappa shape index (κ1) is 16.2. The van der Waals surface area contributed by atoms with E-state index in [-0.39, 0.29) is 5.56 Å². The fraction of sp³-hybridized carbons (Fsp3) is 0.200. The van der Waals surface area contributed by atoms with E-state index in [0.29, 0.717) is 17.9 Å². The van der Waals surface area contributed by atoms with Gasteiger partial charge in [0.15, 0.2) is 0 Å². The average Bonchev–Trinajstić information content (AvgIpc) is 2.45. The molecule has 22 heavy (non-hydrogen) atoms. The van der Waals surface area contributed by atoms with Crippen molar-refractivity contribution in [2.24, 2.45) is 0 Å². The van der Waals surface area contributed by atoms with E-state index in [9.17, 15) is 26.3 Å². The number of rotatable bonds is 2. The van der Waals surface area contributed by atoms with Crippen molar-refractivity contribution in [1.29, 1.82) is 0 Å². The van der Waals surface area contributed by atoms with Gasteiger partial charge in [-0.25, -0.2) is 0 Å². The molecule has 0 fully saturated rings. The topological polar surface area (TPSA) is 9.23 Å². The van der Waals surface area contributed by atoms with Crippen LogP contribution in [0.15, 0.2) is 42.5 Å². The molecule has 2 aromatic carbocycles. The van der Waals surface area contributed by atoms with Crippen LogP contribution in [0.3, 0.4) is 0 Å². The average molecular weight is 320 g/mol. The molecule has 0 saturated carbocycles. The third-order valence-electron chi connectivity index (χ3n) is 3.05. The second-order valence-corrected chi connectivity index (χ2v) is 4.45. The maximum absolute atomic E-state index is 13.1. The quantitative estimate of drug-likeness (QED) is 0.673. The largest absolute Gasteiger partial charge is 0.497 e. The lowest BCUT2D eigenvalue weighted by atomic mass is 9.93. The van der Waals surface area contributed by atoms with Gasteiger partial charge in [0.1, 0.15) is 5.75 Å². The fourth-order valence-corrected chi connectivity index (χ4v) is 2.09. The van der Waals surface area contributed by atoms with Crippen molar-refractivity contribution in [3.05, 3.63) is 53.6 Å². The molecule has 0 heterocycles. The van der Waals surface area contributed by atoms with E-state index in [1.54, 1.807) is 0 Å². The summed E-state index contributed by atoms with van der Waals surface area (Å²) in [5.74, 6) is 0.335. The molecule has 0 aliphatic rings. The summed E-state index contributed by atoms with van der Waals surface area (Å²) in [5.41, 5.74) is -3.72. The van der Waals surface area contributed by atoms with Gasteiger partial charge in [0, 0.05) is 5.56 Å². The molecule has 2 rings (SSSR count). The molecule has 2 aromatic rings. The number of alkyl halides is 6. The van der Waals surface area contributed by atoms with Crippen molar-refractivity contribution in [2.75, 3.05) is 7.11 Å². The van der Waals surface area contributed by atoms with Gasteiger partial charge in [-0.1, -0.05) is 18.2 Å². The summed E-state index contributed by atoms with van der Waals surface area (Å²) in [7, 11) is 1.35. The third kappa shape index (κ3) is 3.18. The normalized spacial score (nSPS) is 12.3. The van der Waals surface area contributed by atoms with Crippen LogP contribution in [0, 0.1) is 0 Å². The van der Waals surface area contributed by atoms with E-state index in [0.717, 1.165) is 6.07 Å². The van der Waals surface area contributed by atoms with Gasteiger partial charge in [0.2, 0.25) is 0 Å². The fourth-order valence-electron chi connectivity index (χ4n) is 2.09. The predicted molar refractivity (Wildman–Crippen MR) is 68.4 cm³/mol. The number of benzene rings is 2. The highest BCUT2D eigenvalue weighted by Crippen LogP contribution is 2.44. The van der Waals surface area contributed by atoms with E-state index in [1.807, 2.05) is 0 Å². The maximum Gasteiger partial charge on any atom is 0.417 e. The van der Waals surface area contributed by atoms with E-state index in [4.69, 9.17) is 4.74 Å². The standard InChI is InChI=1S/C15H10F6O/c1-22-10-7-5-9(6-8-10)13-11(14(16,17)18)3-2-4-12(13)15(19,20)21/h2-8H,1H3. The Morgan fingerprint density at radius 3 is 1.55 bits per heavy atom. The Hall–Kier alpha value is -2.18. The predicted octanol–water partition coefficient (Wildman–Crippen LogP) is 5.40. The summed E-state index contributed by atoms with van der Waals surface area (Å²) in [4.78, 5) is 0. The first-order valence-corrected chi connectivity index (χ1v) is 6.06. The van der Waals surface area contributed by atoms with E-state index in [1.165, 1.54) is 31.4 Å². The van der Waals surface area contributed by atoms with Gasteiger partial charge in [0.25, 0.3) is 0 Å². The second-order valence-electron chi connectivity index (χ2n) is 4.45. The van der Waals surface area contributed by atoms with Gasteiger partial charge in [0.05, 0.1) is 18.2 Å². The minimum absolute atomic E-state index is 0.180. The molecule has 118 valence electrons. The van der Waals surface area contributed by atoms with Crippen LogP contribution in [0.25, 0.3) is 11.1 Å². The van der Waals surface area contributed by atoms with Crippen LogP contribution >= 0.6 is 0 Å². The first-order valence-electron chi connectivity index (χ1n) is 6.06. The lowest BCUT2D eigenvalue weighted by Crippen LogP contribution is -2.14. The lowest BCUT2D eigenvalue weighted by molar-refractivity contribution is -0.142. The summed E-state index contributed by atoms with van der Waals surface area (Å²) in [6.45, 7) is 0. The van der Waals surface area contributed by atoms with Crippen molar-refractivity contribution in [1.82, 2.24) is 0 Å². The molecular formula is C15H10F6O. The molecule has 0 bridgehead atoms. The van der Waals surface area contributed by atoms with Crippen molar-refractivity contribution in [3.63, 3.8) is 0 Å². The third-order valence-corrected chi connectivity index (χ3v) is 3.05. The highest BCUT2D eigenvalue weighted by molar-refractivity contribution is 5.73. The van der Waals surface area contributed by atoms with Crippen LogP contribution in [0.4, 0.5) is 26.3 Å². The molecule has 0 radical (unpaired) electrons. The zero-order valence-electron chi connectivity index (χ0n) is 11.2. The first-order chi connectivity index (χ1) is 10.1. The van der Waals surface area contributed by atoms with Crippen LogP contribution in [0.5, 0.6) is 5.75 Å². The molecule has 0 N–H and O–H groups in total. The molecule has 0 unspecified atom stereocenters. The zero-order chi connectivity index (χ0) is 16.5. The number of halogens is 6. The number of hydrogen-bond acceptors (Lipinski definition) is 1. The van der Waals surface area contributed by atoms with Crippen LogP contribution < -0.4 is 4.74 Å². The molecule has 0 spiro atoms. The Labute approximate surface area is 122 Å². The van der Waals surface area contributed by atoms with Gasteiger partial charge in [-0.15, -0.1) is 0 Å². The van der Waals surface area contributed by atoms with Gasteiger partial charge >= 0.3 is 12.4 Å². The lowest BCUT2D eigenvalue weighted by Gasteiger charge is -2.19. The minimum atomic E-state index is -4.89. The highest BCUT2D eigenvalue weighted by Gasteiger charge is 2.40. The Morgan fingerprint density at radius 2 is 1.18 bits per heavy atom. The SMILES string of the molecule is COc1ccc(-c2c(C(F)(F)F)cccc2C(F)(F)F)cc1. The summed E-state index contributed by atoms with van der Waals surface area (Å²) in [6.07, 6.45) is -9.78. The molecule has 0 amide bonds. The Morgan fingerprint density at radius 1 is 0.727 bits per heavy atom. The van der Waals surface area contributed by atoms with Gasteiger partial charge in [-0.05, 0) is 29.8 Å². The number of ether oxygens (including phenoxy) is 1. The van der Waals surface area contributed by atoms with Gasteiger partial charge in [-0.3, -0.25) is 0 Å². The smallest absolute Gasteiger partial charge is 0.417 e. The summed E-state index contributed by atoms with van der Waals surface area (Å²) in [6, 6.07) is 6.96. The maximum atomic E-state index is 13.1. The molecule has 1 nitrogen and oxygen atoms in total. The van der Waals surface area contributed by atoms with Crippen LogP contribution in [-0.4, -0.2) is 7.11 Å². The van der Waals surface area contributed by atoms with Crippen LogP contribution in [0.1, 0.15) is 11.1 Å². The monoisotopic (exact) mass is 320 g/mol. The molecular weight excluding hydrogens is 310 g/mol. The summed E-state index contributed by atoms with van der Waals surface area (Å²) < 4.78 is 83.2. The van der Waals surface area contributed by atoms with E-state index >= 15 is 0 Å². The van der Waals surface area contributed by atoms with Gasteiger partial charge in [-0.2, -0.15) is 26.3 Å². The summed E-state index contributed by atoms with van der Waals surface area (Å²) >= 11 is 0. The number of hydrogen-bond donors (Lipinski definition) is 0.